The fourth-order valence-corrected chi connectivity index (χ4v) is 3.43. The lowest BCUT2D eigenvalue weighted by Crippen LogP contribution is -2.31. The van der Waals surface area contributed by atoms with Crippen molar-refractivity contribution in [2.24, 2.45) is 5.92 Å². The predicted molar refractivity (Wildman–Crippen MR) is 104 cm³/mol. The number of carbonyl (C=O) groups excluding carboxylic acids is 2. The second-order valence-corrected chi connectivity index (χ2v) is 8.05. The van der Waals surface area contributed by atoms with Crippen molar-refractivity contribution in [1.82, 2.24) is 5.32 Å². The Kier molecular flexibility index (Phi) is 6.51. The second-order valence-electron chi connectivity index (χ2n) is 8.05. The average Bonchev–Trinajstić information content (AvgIpc) is 2.54. The van der Waals surface area contributed by atoms with Gasteiger partial charge in [0.25, 0.3) is 5.91 Å². The Balaban J connectivity index is 1.94. The molecule has 0 spiro atoms. The lowest BCUT2D eigenvalue weighted by atomic mass is 9.83. The molecule has 1 saturated carbocycles. The lowest BCUT2D eigenvalue weighted by Gasteiger charge is -2.31. The molecule has 2 atom stereocenters. The molecule has 0 radical (unpaired) electrons. The zero-order chi connectivity index (χ0) is 19.3. The number of carbonyl (C=O) groups is 2. The molecule has 0 saturated heterocycles. The van der Waals surface area contributed by atoms with E-state index in [4.69, 9.17) is 10.5 Å². The van der Waals surface area contributed by atoms with E-state index in [2.05, 4.69) is 10.6 Å². The molecule has 6 heteroatoms. The molecule has 1 aliphatic rings. The molecule has 144 valence electrons. The Morgan fingerprint density at radius 3 is 2.62 bits per heavy atom. The van der Waals surface area contributed by atoms with Crippen LogP contribution >= 0.6 is 0 Å². The second kappa shape index (κ2) is 8.43. The van der Waals surface area contributed by atoms with E-state index in [1.807, 2.05) is 26.8 Å². The molecule has 1 aliphatic carbocycles. The molecule has 1 fully saturated rings. The summed E-state index contributed by atoms with van der Waals surface area (Å²) >= 11 is 0. The number of amides is 1. The highest BCUT2D eigenvalue weighted by atomic mass is 16.6. The highest BCUT2D eigenvalue weighted by Gasteiger charge is 2.26. The molecule has 1 aromatic carbocycles. The highest BCUT2D eigenvalue weighted by Crippen LogP contribution is 2.31. The third kappa shape index (κ3) is 5.93. The van der Waals surface area contributed by atoms with Gasteiger partial charge in [0.05, 0.1) is 11.4 Å². The quantitative estimate of drug-likeness (QED) is 0.552. The first-order valence-corrected chi connectivity index (χ1v) is 9.28. The summed E-state index contributed by atoms with van der Waals surface area (Å²) < 4.78 is 5.44. The number of rotatable bonds is 5. The summed E-state index contributed by atoms with van der Waals surface area (Å²) in [6.45, 7) is 5.67. The van der Waals surface area contributed by atoms with Gasteiger partial charge in [-0.15, -0.1) is 0 Å². The molecule has 6 nitrogen and oxygen atoms in total. The number of anilines is 2. The number of nitrogens with two attached hydrogens (primary N) is 1. The minimum atomic E-state index is -0.440. The maximum atomic E-state index is 12.1. The van der Waals surface area contributed by atoms with Crippen LogP contribution < -0.4 is 16.4 Å². The van der Waals surface area contributed by atoms with Crippen LogP contribution in [0.4, 0.5) is 11.4 Å². The third-order valence-corrected chi connectivity index (χ3v) is 4.56. The van der Waals surface area contributed by atoms with Crippen LogP contribution in [0.3, 0.4) is 0 Å². The number of ether oxygens (including phenoxy) is 1. The van der Waals surface area contributed by atoms with E-state index in [1.54, 1.807) is 19.2 Å². The van der Waals surface area contributed by atoms with Gasteiger partial charge in [-0.3, -0.25) is 9.59 Å². The van der Waals surface area contributed by atoms with Crippen molar-refractivity contribution < 1.29 is 14.3 Å². The van der Waals surface area contributed by atoms with Crippen molar-refractivity contribution in [2.45, 2.75) is 64.5 Å². The minimum absolute atomic E-state index is 0.127. The third-order valence-electron chi connectivity index (χ3n) is 4.56. The van der Waals surface area contributed by atoms with Gasteiger partial charge in [0.1, 0.15) is 5.60 Å². The number of hydrogen-bond donors (Lipinski definition) is 3. The van der Waals surface area contributed by atoms with Gasteiger partial charge in [-0.25, -0.2) is 0 Å². The molecule has 4 N–H and O–H groups in total. The van der Waals surface area contributed by atoms with Gasteiger partial charge in [-0.2, -0.15) is 0 Å². The van der Waals surface area contributed by atoms with Gasteiger partial charge in [-0.1, -0.05) is 6.42 Å². The normalized spacial score (nSPS) is 20.3. The fraction of sp³-hybridized carbons (Fsp3) is 0.600. The molecule has 2 rings (SSSR count). The molecule has 0 aliphatic heterocycles. The molecule has 0 heterocycles. The number of benzene rings is 1. The van der Waals surface area contributed by atoms with Crippen LogP contribution in [0.5, 0.6) is 0 Å². The van der Waals surface area contributed by atoms with E-state index >= 15 is 0 Å². The van der Waals surface area contributed by atoms with E-state index in [-0.39, 0.29) is 17.9 Å². The maximum absolute atomic E-state index is 12.1. The van der Waals surface area contributed by atoms with Crippen LogP contribution in [0, 0.1) is 5.92 Å². The van der Waals surface area contributed by atoms with Crippen molar-refractivity contribution >= 4 is 23.3 Å². The highest BCUT2D eigenvalue weighted by molar-refractivity contribution is 5.95. The fourth-order valence-electron chi connectivity index (χ4n) is 3.43. The van der Waals surface area contributed by atoms with Crippen LogP contribution in [0.15, 0.2) is 18.2 Å². The number of hydrogen-bond acceptors (Lipinski definition) is 5. The first-order chi connectivity index (χ1) is 12.2. The Hall–Kier alpha value is -2.24. The first kappa shape index (κ1) is 20.1. The molecule has 0 bridgehead atoms. The van der Waals surface area contributed by atoms with Crippen molar-refractivity contribution in [2.75, 3.05) is 18.1 Å². The predicted octanol–water partition coefficient (Wildman–Crippen LogP) is 3.33. The smallest absolute Gasteiger partial charge is 0.306 e. The van der Waals surface area contributed by atoms with Crippen molar-refractivity contribution in [3.05, 3.63) is 23.8 Å². The summed E-state index contributed by atoms with van der Waals surface area (Å²) in [6.07, 6.45) is 4.53. The summed E-state index contributed by atoms with van der Waals surface area (Å²) in [7, 11) is 1.59. The van der Waals surface area contributed by atoms with Gasteiger partial charge >= 0.3 is 5.97 Å². The van der Waals surface area contributed by atoms with E-state index < -0.39 is 5.60 Å². The van der Waals surface area contributed by atoms with Gasteiger partial charge in [0.15, 0.2) is 0 Å². The van der Waals surface area contributed by atoms with Crippen LogP contribution in [0.25, 0.3) is 0 Å². The first-order valence-electron chi connectivity index (χ1n) is 9.28. The molecule has 1 aromatic rings. The molecular formula is C20H31N3O3. The van der Waals surface area contributed by atoms with Gasteiger partial charge in [0, 0.05) is 25.1 Å². The molecule has 0 unspecified atom stereocenters. The Labute approximate surface area is 155 Å². The SMILES string of the molecule is CNC(=O)c1ccc(N[C@H]2CCC[C@@H](CC(=O)OC(C)(C)C)C2)c(N)c1. The zero-order valence-electron chi connectivity index (χ0n) is 16.2. The topological polar surface area (TPSA) is 93.5 Å². The Bertz CT molecular complexity index is 652. The summed E-state index contributed by atoms with van der Waals surface area (Å²) in [5, 5.41) is 6.07. The van der Waals surface area contributed by atoms with Gasteiger partial charge in [-0.05, 0) is 64.2 Å². The van der Waals surface area contributed by atoms with Gasteiger partial charge in [0.2, 0.25) is 0 Å². The zero-order valence-corrected chi connectivity index (χ0v) is 16.2. The number of nitrogens with one attached hydrogen (secondary N) is 2. The summed E-state index contributed by atoms with van der Waals surface area (Å²) in [4.78, 5) is 23.8. The summed E-state index contributed by atoms with van der Waals surface area (Å²) in [6, 6.07) is 5.56. The lowest BCUT2D eigenvalue weighted by molar-refractivity contribution is -0.156. The number of esters is 1. The standard InChI is InChI=1S/C20H31N3O3/c1-20(2,3)26-18(24)11-13-6-5-7-15(10-13)23-17-9-8-14(12-16(17)21)19(25)22-4/h8-9,12-13,15,23H,5-7,10-11,21H2,1-4H3,(H,22,25)/t13-,15+/m1/s1. The van der Waals surface area contributed by atoms with Crippen LogP contribution in [0.2, 0.25) is 0 Å². The maximum Gasteiger partial charge on any atom is 0.306 e. The number of nitrogen functional groups attached to an aromatic ring is 1. The van der Waals surface area contributed by atoms with E-state index in [1.165, 1.54) is 0 Å². The van der Waals surface area contributed by atoms with E-state index in [0.717, 1.165) is 31.4 Å². The van der Waals surface area contributed by atoms with Crippen LogP contribution in [-0.2, 0) is 9.53 Å². The Morgan fingerprint density at radius 1 is 1.27 bits per heavy atom. The Morgan fingerprint density at radius 2 is 2.00 bits per heavy atom. The van der Waals surface area contributed by atoms with Crippen molar-refractivity contribution in [1.29, 1.82) is 0 Å². The van der Waals surface area contributed by atoms with Crippen molar-refractivity contribution in [3.8, 4) is 0 Å². The van der Waals surface area contributed by atoms with E-state index in [0.29, 0.717) is 23.6 Å². The van der Waals surface area contributed by atoms with E-state index in [9.17, 15) is 9.59 Å². The van der Waals surface area contributed by atoms with Gasteiger partial charge < -0.3 is 21.1 Å². The van der Waals surface area contributed by atoms with Crippen molar-refractivity contribution in [3.63, 3.8) is 0 Å². The minimum Gasteiger partial charge on any atom is -0.460 e. The largest absolute Gasteiger partial charge is 0.460 e. The van der Waals surface area contributed by atoms with Crippen LogP contribution in [0.1, 0.15) is 63.2 Å². The summed E-state index contributed by atoms with van der Waals surface area (Å²) in [5.74, 6) is 0.0402. The molecule has 1 amide bonds. The molecule has 26 heavy (non-hydrogen) atoms. The molecular weight excluding hydrogens is 330 g/mol. The monoisotopic (exact) mass is 361 g/mol. The summed E-state index contributed by atoms with van der Waals surface area (Å²) in [5.41, 5.74) is 7.59. The van der Waals surface area contributed by atoms with Crippen LogP contribution in [-0.4, -0.2) is 30.6 Å². The molecule has 0 aromatic heterocycles. The average molecular weight is 361 g/mol.